The summed E-state index contributed by atoms with van der Waals surface area (Å²) in [5.41, 5.74) is 2.19. The second-order valence-corrected chi connectivity index (χ2v) is 4.53. The van der Waals surface area contributed by atoms with Gasteiger partial charge in [-0.15, -0.1) is 0 Å². The van der Waals surface area contributed by atoms with Gasteiger partial charge in [0.1, 0.15) is 6.61 Å². The van der Waals surface area contributed by atoms with Crippen LogP contribution < -0.4 is 9.47 Å². The molecule has 0 radical (unpaired) electrons. The van der Waals surface area contributed by atoms with E-state index in [2.05, 4.69) is 0 Å². The topological polar surface area (TPSA) is 35.5 Å². The van der Waals surface area contributed by atoms with E-state index in [1.807, 2.05) is 54.6 Å². The summed E-state index contributed by atoms with van der Waals surface area (Å²) in [5, 5.41) is 0. The molecular formula is C17H14O3. The van der Waals surface area contributed by atoms with Gasteiger partial charge in [-0.2, -0.15) is 0 Å². The summed E-state index contributed by atoms with van der Waals surface area (Å²) in [4.78, 5) is 12.4. The number of ether oxygens (including phenoxy) is 2. The number of para-hydroxylation sites is 1. The number of hydrogen-bond acceptors (Lipinski definition) is 3. The highest BCUT2D eigenvalue weighted by Crippen LogP contribution is 2.35. The Hall–Kier alpha value is -2.55. The fourth-order valence-electron chi connectivity index (χ4n) is 2.25. The van der Waals surface area contributed by atoms with Gasteiger partial charge in [0.05, 0.1) is 7.11 Å². The van der Waals surface area contributed by atoms with Gasteiger partial charge in [0, 0.05) is 16.7 Å². The van der Waals surface area contributed by atoms with Gasteiger partial charge in [-0.25, -0.2) is 0 Å². The zero-order valence-corrected chi connectivity index (χ0v) is 11.1. The van der Waals surface area contributed by atoms with Crippen LogP contribution in [0.5, 0.6) is 11.5 Å². The second kappa shape index (κ2) is 5.21. The Labute approximate surface area is 117 Å². The van der Waals surface area contributed by atoms with Crippen LogP contribution in [-0.2, 0) is 0 Å². The SMILES string of the molecule is COc1cccc2c1OCC(C(=O)c1ccccc1)=C2. The number of Topliss-reactive ketones (excluding diaryl/α,β-unsaturated/α-hetero) is 1. The smallest absolute Gasteiger partial charge is 0.192 e. The van der Waals surface area contributed by atoms with Gasteiger partial charge in [0.25, 0.3) is 0 Å². The van der Waals surface area contributed by atoms with Crippen molar-refractivity contribution < 1.29 is 14.3 Å². The number of carbonyl (C=O) groups excluding carboxylic acids is 1. The Balaban J connectivity index is 1.97. The van der Waals surface area contributed by atoms with Crippen LogP contribution in [-0.4, -0.2) is 19.5 Å². The van der Waals surface area contributed by atoms with Crippen molar-refractivity contribution in [3.63, 3.8) is 0 Å². The first kappa shape index (κ1) is 12.5. The number of hydrogen-bond donors (Lipinski definition) is 0. The molecule has 0 unspecified atom stereocenters. The van der Waals surface area contributed by atoms with E-state index in [1.54, 1.807) is 7.11 Å². The molecule has 0 aromatic heterocycles. The van der Waals surface area contributed by atoms with Gasteiger partial charge in [-0.1, -0.05) is 42.5 Å². The molecule has 0 bridgehead atoms. The molecule has 3 heteroatoms. The molecule has 20 heavy (non-hydrogen) atoms. The number of rotatable bonds is 3. The van der Waals surface area contributed by atoms with E-state index in [4.69, 9.17) is 9.47 Å². The molecule has 0 saturated carbocycles. The second-order valence-electron chi connectivity index (χ2n) is 4.53. The summed E-state index contributed by atoms with van der Waals surface area (Å²) >= 11 is 0. The molecule has 2 aromatic carbocycles. The lowest BCUT2D eigenvalue weighted by molar-refractivity contribution is 0.102. The van der Waals surface area contributed by atoms with Gasteiger partial charge in [-0.05, 0) is 12.1 Å². The fourth-order valence-corrected chi connectivity index (χ4v) is 2.25. The lowest BCUT2D eigenvalue weighted by Crippen LogP contribution is -2.15. The monoisotopic (exact) mass is 266 g/mol. The van der Waals surface area contributed by atoms with Crippen molar-refractivity contribution >= 4 is 11.9 Å². The maximum absolute atomic E-state index is 12.4. The minimum absolute atomic E-state index is 0.000861. The third-order valence-corrected chi connectivity index (χ3v) is 3.26. The van der Waals surface area contributed by atoms with E-state index >= 15 is 0 Å². The fraction of sp³-hybridized carbons (Fsp3) is 0.118. The normalized spacial score (nSPS) is 12.9. The van der Waals surface area contributed by atoms with Crippen LogP contribution in [0.15, 0.2) is 54.1 Å². The molecule has 0 spiro atoms. The molecule has 0 saturated heterocycles. The molecule has 0 fully saturated rings. The summed E-state index contributed by atoms with van der Waals surface area (Å²) in [6, 6.07) is 14.9. The first-order valence-corrected chi connectivity index (χ1v) is 6.39. The van der Waals surface area contributed by atoms with Crippen LogP contribution in [0.1, 0.15) is 15.9 Å². The molecule has 0 N–H and O–H groups in total. The van der Waals surface area contributed by atoms with Crippen molar-refractivity contribution in [3.8, 4) is 11.5 Å². The zero-order valence-electron chi connectivity index (χ0n) is 11.1. The van der Waals surface area contributed by atoms with Crippen molar-refractivity contribution in [2.75, 3.05) is 13.7 Å². The summed E-state index contributed by atoms with van der Waals surface area (Å²) < 4.78 is 10.9. The maximum atomic E-state index is 12.4. The van der Waals surface area contributed by atoms with Gasteiger partial charge < -0.3 is 9.47 Å². The summed E-state index contributed by atoms with van der Waals surface area (Å²) in [6.45, 7) is 0.265. The Morgan fingerprint density at radius 1 is 1.10 bits per heavy atom. The first-order chi connectivity index (χ1) is 9.79. The molecule has 1 aliphatic rings. The van der Waals surface area contributed by atoms with E-state index in [9.17, 15) is 4.79 Å². The zero-order chi connectivity index (χ0) is 13.9. The number of carbonyl (C=O) groups is 1. The van der Waals surface area contributed by atoms with Gasteiger partial charge >= 0.3 is 0 Å². The minimum Gasteiger partial charge on any atom is -0.493 e. The molecule has 100 valence electrons. The van der Waals surface area contributed by atoms with Crippen molar-refractivity contribution in [2.45, 2.75) is 0 Å². The van der Waals surface area contributed by atoms with Crippen LogP contribution in [0.25, 0.3) is 6.08 Å². The average Bonchev–Trinajstić information content (AvgIpc) is 2.53. The van der Waals surface area contributed by atoms with E-state index in [0.29, 0.717) is 22.6 Å². The molecule has 0 aliphatic carbocycles. The van der Waals surface area contributed by atoms with Gasteiger partial charge in [-0.3, -0.25) is 4.79 Å². The third kappa shape index (κ3) is 2.18. The lowest BCUT2D eigenvalue weighted by Gasteiger charge is -2.19. The third-order valence-electron chi connectivity index (χ3n) is 3.26. The van der Waals surface area contributed by atoms with E-state index in [0.717, 1.165) is 5.56 Å². The first-order valence-electron chi connectivity index (χ1n) is 6.39. The Morgan fingerprint density at radius 2 is 1.90 bits per heavy atom. The Bertz CT molecular complexity index is 672. The van der Waals surface area contributed by atoms with Crippen LogP contribution in [0.4, 0.5) is 0 Å². The van der Waals surface area contributed by atoms with Crippen molar-refractivity contribution in [1.29, 1.82) is 0 Å². The number of ketones is 1. The minimum atomic E-state index is -0.000861. The maximum Gasteiger partial charge on any atom is 0.192 e. The van der Waals surface area contributed by atoms with Crippen molar-refractivity contribution in [1.82, 2.24) is 0 Å². The lowest BCUT2D eigenvalue weighted by atomic mass is 9.99. The average molecular weight is 266 g/mol. The highest BCUT2D eigenvalue weighted by molar-refractivity contribution is 6.12. The number of methoxy groups -OCH3 is 1. The van der Waals surface area contributed by atoms with Crippen LogP contribution in [0, 0.1) is 0 Å². The molecule has 2 aromatic rings. The number of benzene rings is 2. The molecule has 0 atom stereocenters. The predicted octanol–water partition coefficient (Wildman–Crippen LogP) is 3.35. The van der Waals surface area contributed by atoms with E-state index in [1.165, 1.54) is 0 Å². The molecule has 3 nitrogen and oxygen atoms in total. The molecule has 0 amide bonds. The molecule has 3 rings (SSSR count). The molecule has 1 heterocycles. The van der Waals surface area contributed by atoms with Crippen molar-refractivity contribution in [2.24, 2.45) is 0 Å². The highest BCUT2D eigenvalue weighted by atomic mass is 16.5. The van der Waals surface area contributed by atoms with Crippen LogP contribution in [0.2, 0.25) is 0 Å². The summed E-state index contributed by atoms with van der Waals surface area (Å²) in [7, 11) is 1.60. The quantitative estimate of drug-likeness (QED) is 0.799. The van der Waals surface area contributed by atoms with E-state index in [-0.39, 0.29) is 12.4 Å². The van der Waals surface area contributed by atoms with Crippen LogP contribution in [0.3, 0.4) is 0 Å². The largest absolute Gasteiger partial charge is 0.493 e. The Kier molecular flexibility index (Phi) is 3.25. The molecular weight excluding hydrogens is 252 g/mol. The highest BCUT2D eigenvalue weighted by Gasteiger charge is 2.20. The van der Waals surface area contributed by atoms with Gasteiger partial charge in [0.2, 0.25) is 0 Å². The molecule has 1 aliphatic heterocycles. The van der Waals surface area contributed by atoms with Crippen molar-refractivity contribution in [3.05, 3.63) is 65.2 Å². The standard InChI is InChI=1S/C17H14O3/c1-19-15-9-5-8-13-10-14(11-20-17(13)15)16(18)12-6-3-2-4-7-12/h2-10H,11H2,1H3. The predicted molar refractivity (Wildman–Crippen MR) is 77.2 cm³/mol. The summed E-state index contributed by atoms with van der Waals surface area (Å²) in [5.74, 6) is 1.38. The number of fused-ring (bicyclic) bond motifs is 1. The summed E-state index contributed by atoms with van der Waals surface area (Å²) in [6.07, 6.45) is 1.87. The van der Waals surface area contributed by atoms with E-state index < -0.39 is 0 Å². The van der Waals surface area contributed by atoms with Gasteiger partial charge in [0.15, 0.2) is 17.3 Å². The Morgan fingerprint density at radius 3 is 2.65 bits per heavy atom. The van der Waals surface area contributed by atoms with Crippen LogP contribution >= 0.6 is 0 Å².